The SMILES string of the molecule is O=C(NCCN1CCN(c2ccccc2F)CC1)C(=O)NCc1ccco1. The van der Waals surface area contributed by atoms with E-state index < -0.39 is 11.8 Å². The van der Waals surface area contributed by atoms with E-state index in [-0.39, 0.29) is 12.4 Å². The molecule has 144 valence electrons. The number of amides is 2. The second kappa shape index (κ2) is 9.18. The number of nitrogens with zero attached hydrogens (tertiary/aromatic N) is 2. The molecule has 2 heterocycles. The van der Waals surface area contributed by atoms with Crippen LogP contribution in [0.15, 0.2) is 47.1 Å². The molecule has 2 aromatic rings. The Kier molecular flexibility index (Phi) is 6.43. The Hall–Kier alpha value is -2.87. The zero-order valence-corrected chi connectivity index (χ0v) is 15.0. The van der Waals surface area contributed by atoms with E-state index >= 15 is 0 Å². The first-order valence-electron chi connectivity index (χ1n) is 8.94. The molecule has 1 fully saturated rings. The van der Waals surface area contributed by atoms with Crippen LogP contribution < -0.4 is 15.5 Å². The van der Waals surface area contributed by atoms with Crippen molar-refractivity contribution < 1.29 is 18.4 Å². The van der Waals surface area contributed by atoms with Crippen LogP contribution in [0.3, 0.4) is 0 Å². The number of halogens is 1. The summed E-state index contributed by atoms with van der Waals surface area (Å²) in [5.41, 5.74) is 0.624. The van der Waals surface area contributed by atoms with Crippen LogP contribution in [0.2, 0.25) is 0 Å². The van der Waals surface area contributed by atoms with E-state index in [1.165, 1.54) is 12.3 Å². The van der Waals surface area contributed by atoms with Crippen LogP contribution in [0.4, 0.5) is 10.1 Å². The fourth-order valence-corrected chi connectivity index (χ4v) is 2.99. The number of carbonyl (C=O) groups is 2. The van der Waals surface area contributed by atoms with Crippen molar-refractivity contribution in [2.45, 2.75) is 6.54 Å². The molecule has 0 unspecified atom stereocenters. The number of anilines is 1. The molecule has 0 spiro atoms. The first-order valence-corrected chi connectivity index (χ1v) is 8.94. The number of benzene rings is 1. The van der Waals surface area contributed by atoms with Crippen molar-refractivity contribution in [3.63, 3.8) is 0 Å². The zero-order chi connectivity index (χ0) is 19.1. The lowest BCUT2D eigenvalue weighted by atomic mass is 10.2. The average Bonchev–Trinajstić information content (AvgIpc) is 3.21. The highest BCUT2D eigenvalue weighted by atomic mass is 19.1. The molecule has 2 N–H and O–H groups in total. The highest BCUT2D eigenvalue weighted by molar-refractivity contribution is 6.35. The zero-order valence-electron chi connectivity index (χ0n) is 15.0. The summed E-state index contributed by atoms with van der Waals surface area (Å²) in [4.78, 5) is 27.7. The number of para-hydroxylation sites is 1. The van der Waals surface area contributed by atoms with E-state index in [1.807, 2.05) is 11.0 Å². The van der Waals surface area contributed by atoms with Crippen molar-refractivity contribution >= 4 is 17.5 Å². The Labute approximate surface area is 157 Å². The number of carbonyl (C=O) groups excluding carboxylic acids is 2. The van der Waals surface area contributed by atoms with Crippen molar-refractivity contribution in [3.05, 3.63) is 54.2 Å². The molecule has 0 atom stereocenters. The quantitative estimate of drug-likeness (QED) is 0.737. The minimum absolute atomic E-state index is 0.178. The van der Waals surface area contributed by atoms with Gasteiger partial charge in [0.1, 0.15) is 11.6 Å². The fourth-order valence-electron chi connectivity index (χ4n) is 2.99. The number of rotatable bonds is 6. The maximum atomic E-state index is 13.8. The van der Waals surface area contributed by atoms with Gasteiger partial charge in [0.15, 0.2) is 0 Å². The molecule has 0 bridgehead atoms. The third-order valence-corrected chi connectivity index (χ3v) is 4.49. The molecule has 1 aromatic carbocycles. The fraction of sp³-hybridized carbons (Fsp3) is 0.368. The number of piperazine rings is 1. The maximum absolute atomic E-state index is 13.8. The Morgan fingerprint density at radius 1 is 1.00 bits per heavy atom. The molecule has 0 radical (unpaired) electrons. The molecule has 1 saturated heterocycles. The van der Waals surface area contributed by atoms with Crippen molar-refractivity contribution in [1.82, 2.24) is 15.5 Å². The molecule has 2 amide bonds. The molecule has 7 nitrogen and oxygen atoms in total. The number of hydrogen-bond acceptors (Lipinski definition) is 5. The van der Waals surface area contributed by atoms with Crippen LogP contribution in [0.5, 0.6) is 0 Å². The van der Waals surface area contributed by atoms with Gasteiger partial charge in [-0.2, -0.15) is 0 Å². The Morgan fingerprint density at radius 2 is 1.74 bits per heavy atom. The molecular formula is C19H23FN4O3. The van der Waals surface area contributed by atoms with Gasteiger partial charge < -0.3 is 20.0 Å². The first kappa shape index (κ1) is 18.9. The summed E-state index contributed by atoms with van der Waals surface area (Å²) in [6.45, 7) is 4.19. The molecular weight excluding hydrogens is 351 g/mol. The predicted octanol–water partition coefficient (Wildman–Crippen LogP) is 0.973. The summed E-state index contributed by atoms with van der Waals surface area (Å²) in [6.07, 6.45) is 1.51. The van der Waals surface area contributed by atoms with Crippen LogP contribution in [0.1, 0.15) is 5.76 Å². The lowest BCUT2D eigenvalue weighted by Gasteiger charge is -2.36. The molecule has 0 saturated carbocycles. The van der Waals surface area contributed by atoms with Gasteiger partial charge in [-0.25, -0.2) is 4.39 Å². The van der Waals surface area contributed by atoms with E-state index in [0.717, 1.165) is 26.2 Å². The van der Waals surface area contributed by atoms with Gasteiger partial charge in [0.2, 0.25) is 0 Å². The summed E-state index contributed by atoms with van der Waals surface area (Å²) in [5, 5.41) is 5.12. The van der Waals surface area contributed by atoms with Crippen LogP contribution >= 0.6 is 0 Å². The number of hydrogen-bond donors (Lipinski definition) is 2. The maximum Gasteiger partial charge on any atom is 0.309 e. The summed E-state index contributed by atoms with van der Waals surface area (Å²) >= 11 is 0. The van der Waals surface area contributed by atoms with Crippen molar-refractivity contribution in [2.24, 2.45) is 0 Å². The highest BCUT2D eigenvalue weighted by Gasteiger charge is 2.19. The topological polar surface area (TPSA) is 77.8 Å². The number of nitrogens with one attached hydrogen (secondary N) is 2. The van der Waals surface area contributed by atoms with Crippen molar-refractivity contribution in [2.75, 3.05) is 44.2 Å². The first-order chi connectivity index (χ1) is 13.1. The summed E-state index contributed by atoms with van der Waals surface area (Å²) in [7, 11) is 0. The van der Waals surface area contributed by atoms with Gasteiger partial charge in [0.25, 0.3) is 0 Å². The molecule has 27 heavy (non-hydrogen) atoms. The Bertz CT molecular complexity index is 758. The minimum atomic E-state index is -0.684. The monoisotopic (exact) mass is 374 g/mol. The van der Waals surface area contributed by atoms with Gasteiger partial charge in [-0.1, -0.05) is 12.1 Å². The summed E-state index contributed by atoms with van der Waals surface area (Å²) < 4.78 is 18.9. The Morgan fingerprint density at radius 3 is 2.44 bits per heavy atom. The highest BCUT2D eigenvalue weighted by Crippen LogP contribution is 2.19. The molecule has 0 aliphatic carbocycles. The second-order valence-corrected chi connectivity index (χ2v) is 6.30. The standard InChI is InChI=1S/C19H23FN4O3/c20-16-5-1-2-6-17(16)24-11-9-23(10-12-24)8-7-21-18(25)19(26)22-14-15-4-3-13-27-15/h1-6,13H,7-12,14H2,(H,21,25)(H,22,26). The van der Waals surface area contributed by atoms with Gasteiger partial charge in [0, 0.05) is 39.3 Å². The summed E-state index contributed by atoms with van der Waals surface area (Å²) in [5.74, 6) is -0.968. The van der Waals surface area contributed by atoms with E-state index in [0.29, 0.717) is 24.5 Å². The van der Waals surface area contributed by atoms with Gasteiger partial charge in [-0.3, -0.25) is 14.5 Å². The molecule has 8 heteroatoms. The van der Waals surface area contributed by atoms with Gasteiger partial charge in [-0.15, -0.1) is 0 Å². The smallest absolute Gasteiger partial charge is 0.309 e. The third kappa shape index (κ3) is 5.30. The van der Waals surface area contributed by atoms with Crippen molar-refractivity contribution in [1.29, 1.82) is 0 Å². The average molecular weight is 374 g/mol. The van der Waals surface area contributed by atoms with Crippen LogP contribution in [-0.4, -0.2) is 56.0 Å². The van der Waals surface area contributed by atoms with Crippen molar-refractivity contribution in [3.8, 4) is 0 Å². The second-order valence-electron chi connectivity index (χ2n) is 6.30. The normalized spacial score (nSPS) is 14.8. The molecule has 1 aromatic heterocycles. The lowest BCUT2D eigenvalue weighted by molar-refractivity contribution is -0.139. The van der Waals surface area contributed by atoms with Gasteiger partial charge >= 0.3 is 11.8 Å². The molecule has 1 aliphatic heterocycles. The molecule has 3 rings (SSSR count). The Balaban J connectivity index is 1.33. The van der Waals surface area contributed by atoms with E-state index in [1.54, 1.807) is 24.3 Å². The minimum Gasteiger partial charge on any atom is -0.467 e. The molecule has 1 aliphatic rings. The predicted molar refractivity (Wildman–Crippen MR) is 98.6 cm³/mol. The van der Waals surface area contributed by atoms with Gasteiger partial charge in [0.05, 0.1) is 18.5 Å². The lowest BCUT2D eigenvalue weighted by Crippen LogP contribution is -2.49. The summed E-state index contributed by atoms with van der Waals surface area (Å²) in [6, 6.07) is 10.2. The third-order valence-electron chi connectivity index (χ3n) is 4.49. The van der Waals surface area contributed by atoms with E-state index in [4.69, 9.17) is 4.42 Å². The largest absolute Gasteiger partial charge is 0.467 e. The van der Waals surface area contributed by atoms with Gasteiger partial charge in [-0.05, 0) is 24.3 Å². The van der Waals surface area contributed by atoms with Crippen LogP contribution in [0, 0.1) is 5.82 Å². The number of furan rings is 1. The van der Waals surface area contributed by atoms with Crippen LogP contribution in [0.25, 0.3) is 0 Å². The van der Waals surface area contributed by atoms with E-state index in [9.17, 15) is 14.0 Å². The van der Waals surface area contributed by atoms with E-state index in [2.05, 4.69) is 15.5 Å². The van der Waals surface area contributed by atoms with Crippen LogP contribution in [-0.2, 0) is 16.1 Å².